The molecular formula is C63H102O5. The van der Waals surface area contributed by atoms with E-state index in [0.29, 0.717) is 19.4 Å². The lowest BCUT2D eigenvalue weighted by atomic mass is 10.1. The second-order valence-corrected chi connectivity index (χ2v) is 17.7. The summed E-state index contributed by atoms with van der Waals surface area (Å²) in [7, 11) is 0. The lowest BCUT2D eigenvalue weighted by molar-refractivity contribution is -0.163. The van der Waals surface area contributed by atoms with Crippen molar-refractivity contribution >= 4 is 11.9 Å². The van der Waals surface area contributed by atoms with Gasteiger partial charge in [-0.1, -0.05) is 219 Å². The Morgan fingerprint density at radius 3 is 1.07 bits per heavy atom. The van der Waals surface area contributed by atoms with E-state index in [9.17, 15) is 9.59 Å². The van der Waals surface area contributed by atoms with Gasteiger partial charge in [0.1, 0.15) is 6.61 Å². The first kappa shape index (κ1) is 64.0. The Labute approximate surface area is 419 Å². The van der Waals surface area contributed by atoms with Gasteiger partial charge in [0, 0.05) is 19.4 Å². The predicted molar refractivity (Wildman–Crippen MR) is 297 cm³/mol. The highest BCUT2D eigenvalue weighted by molar-refractivity contribution is 5.70. The number of allylic oxidation sites excluding steroid dienone is 22. The van der Waals surface area contributed by atoms with Crippen molar-refractivity contribution < 1.29 is 23.8 Å². The predicted octanol–water partition coefficient (Wildman–Crippen LogP) is 19.1. The van der Waals surface area contributed by atoms with E-state index in [-0.39, 0.29) is 25.2 Å². The summed E-state index contributed by atoms with van der Waals surface area (Å²) in [5, 5.41) is 0. The van der Waals surface area contributed by atoms with Gasteiger partial charge in [-0.25, -0.2) is 0 Å². The zero-order valence-electron chi connectivity index (χ0n) is 44.1. The SMILES string of the molecule is CC/C=C\C/C=C\C/C=C\C/C=C\C/C=C\C/C=C\CCCOCC(COC(=O)CCCCCCCC/C=C\C/C=C\C/C=C\C/C=C\CC)OC(=O)CCCCCCC/C=C\CCCCCC. The molecule has 0 radical (unpaired) electrons. The molecule has 0 aromatic rings. The van der Waals surface area contributed by atoms with E-state index in [0.717, 1.165) is 128 Å². The molecule has 1 unspecified atom stereocenters. The first-order valence-electron chi connectivity index (χ1n) is 27.7. The molecule has 0 aliphatic carbocycles. The molecule has 384 valence electrons. The summed E-state index contributed by atoms with van der Waals surface area (Å²) in [6.45, 7) is 7.41. The van der Waals surface area contributed by atoms with Gasteiger partial charge in [0.2, 0.25) is 0 Å². The third kappa shape index (κ3) is 54.6. The van der Waals surface area contributed by atoms with E-state index in [1.807, 2.05) is 0 Å². The molecule has 0 aromatic carbocycles. The van der Waals surface area contributed by atoms with Crippen molar-refractivity contribution in [3.8, 4) is 0 Å². The molecule has 5 nitrogen and oxygen atoms in total. The Morgan fingerprint density at radius 1 is 0.338 bits per heavy atom. The van der Waals surface area contributed by atoms with Gasteiger partial charge in [-0.2, -0.15) is 0 Å². The first-order valence-corrected chi connectivity index (χ1v) is 27.7. The zero-order valence-corrected chi connectivity index (χ0v) is 44.1. The Hall–Kier alpha value is -3.96. The summed E-state index contributed by atoms with van der Waals surface area (Å²) < 4.78 is 17.4. The molecule has 0 saturated heterocycles. The smallest absolute Gasteiger partial charge is 0.306 e. The van der Waals surface area contributed by atoms with Crippen LogP contribution in [0.5, 0.6) is 0 Å². The standard InChI is InChI=1S/C63H102O5/c1-4-7-10-13-16-19-22-25-27-29-31-33-35-37-40-43-46-49-52-55-58-66-59-61(68-63(65)57-54-51-48-45-42-38-24-21-18-15-12-9-6-3)60-67-62(64)56-53-50-47-44-41-39-36-34-32-30-28-26-23-20-17-14-11-8-5-2/h7-8,10-11,16-17,19-21,24-28,31-34,37,40,46,49,61H,4-6,9,12-15,18,22-23,29-30,35-36,38-39,41-45,47-48,50-60H2,1-3H3/b10-7-,11-8-,19-16-,20-17-,24-21-,27-25-,28-26-,33-31-,34-32-,40-37-,49-46-. The molecule has 1 atom stereocenters. The quantitative estimate of drug-likeness (QED) is 0.0345. The molecule has 0 aliphatic rings. The number of esters is 2. The molecule has 0 aromatic heterocycles. The van der Waals surface area contributed by atoms with Crippen molar-refractivity contribution in [1.82, 2.24) is 0 Å². The van der Waals surface area contributed by atoms with Crippen LogP contribution in [0, 0.1) is 0 Å². The summed E-state index contributed by atoms with van der Waals surface area (Å²) in [5.74, 6) is -0.463. The Morgan fingerprint density at radius 2 is 0.662 bits per heavy atom. The highest BCUT2D eigenvalue weighted by Crippen LogP contribution is 2.13. The summed E-state index contributed by atoms with van der Waals surface area (Å²) >= 11 is 0. The van der Waals surface area contributed by atoms with Gasteiger partial charge in [0.15, 0.2) is 6.10 Å². The Bertz CT molecular complexity index is 1430. The van der Waals surface area contributed by atoms with Crippen molar-refractivity contribution in [1.29, 1.82) is 0 Å². The maximum absolute atomic E-state index is 12.8. The van der Waals surface area contributed by atoms with Crippen LogP contribution in [0.25, 0.3) is 0 Å². The third-order valence-corrected chi connectivity index (χ3v) is 11.2. The lowest BCUT2D eigenvalue weighted by Crippen LogP contribution is -2.30. The number of hydrogen-bond donors (Lipinski definition) is 0. The molecule has 68 heavy (non-hydrogen) atoms. The number of hydrogen-bond acceptors (Lipinski definition) is 5. The van der Waals surface area contributed by atoms with Crippen molar-refractivity contribution in [2.75, 3.05) is 19.8 Å². The summed E-state index contributed by atoms with van der Waals surface area (Å²) in [5.41, 5.74) is 0. The average molecular weight is 940 g/mol. The summed E-state index contributed by atoms with van der Waals surface area (Å²) in [4.78, 5) is 25.5. The van der Waals surface area contributed by atoms with Crippen molar-refractivity contribution in [2.45, 2.75) is 232 Å². The number of unbranched alkanes of at least 4 members (excludes halogenated alkanes) is 16. The average Bonchev–Trinajstić information content (AvgIpc) is 3.34. The highest BCUT2D eigenvalue weighted by atomic mass is 16.6. The normalized spacial score (nSPS) is 13.3. The highest BCUT2D eigenvalue weighted by Gasteiger charge is 2.17. The fourth-order valence-electron chi connectivity index (χ4n) is 7.10. The van der Waals surface area contributed by atoms with E-state index in [1.165, 1.54) is 64.2 Å². The molecule has 5 heteroatoms. The first-order chi connectivity index (χ1) is 33.6. The minimum atomic E-state index is -0.587. The Kier molecular flexibility index (Phi) is 54.0. The molecule has 0 fully saturated rings. The number of rotatable bonds is 49. The molecule has 0 saturated carbocycles. The van der Waals surface area contributed by atoms with Gasteiger partial charge in [-0.15, -0.1) is 0 Å². The van der Waals surface area contributed by atoms with Crippen LogP contribution in [0.2, 0.25) is 0 Å². The monoisotopic (exact) mass is 939 g/mol. The van der Waals surface area contributed by atoms with Crippen LogP contribution in [0.15, 0.2) is 134 Å². The second kappa shape index (κ2) is 57.4. The van der Waals surface area contributed by atoms with Crippen LogP contribution in [0.3, 0.4) is 0 Å². The number of carbonyl (C=O) groups is 2. The van der Waals surface area contributed by atoms with Crippen molar-refractivity contribution in [3.63, 3.8) is 0 Å². The van der Waals surface area contributed by atoms with Crippen molar-refractivity contribution in [3.05, 3.63) is 134 Å². The van der Waals surface area contributed by atoms with Crippen molar-refractivity contribution in [2.24, 2.45) is 0 Å². The molecule has 0 spiro atoms. The number of ether oxygens (including phenoxy) is 3. The maximum atomic E-state index is 12.8. The van der Waals surface area contributed by atoms with Gasteiger partial charge >= 0.3 is 11.9 Å². The van der Waals surface area contributed by atoms with Crippen LogP contribution in [-0.4, -0.2) is 37.9 Å². The molecule has 0 amide bonds. The second-order valence-electron chi connectivity index (χ2n) is 17.7. The minimum absolute atomic E-state index is 0.0428. The van der Waals surface area contributed by atoms with E-state index in [1.54, 1.807) is 0 Å². The van der Waals surface area contributed by atoms with E-state index in [4.69, 9.17) is 14.2 Å². The topological polar surface area (TPSA) is 61.8 Å². The lowest BCUT2D eigenvalue weighted by Gasteiger charge is -2.18. The fraction of sp³-hybridized carbons (Fsp3) is 0.619. The molecule has 0 N–H and O–H groups in total. The molecule has 0 aliphatic heterocycles. The minimum Gasteiger partial charge on any atom is -0.462 e. The van der Waals surface area contributed by atoms with E-state index < -0.39 is 6.10 Å². The van der Waals surface area contributed by atoms with Crippen LogP contribution >= 0.6 is 0 Å². The van der Waals surface area contributed by atoms with Crippen LogP contribution < -0.4 is 0 Å². The van der Waals surface area contributed by atoms with Gasteiger partial charge in [0.05, 0.1) is 6.61 Å². The third-order valence-electron chi connectivity index (χ3n) is 11.2. The Balaban J connectivity index is 4.42. The van der Waals surface area contributed by atoms with Gasteiger partial charge in [0.25, 0.3) is 0 Å². The van der Waals surface area contributed by atoms with Gasteiger partial charge < -0.3 is 14.2 Å². The summed E-state index contributed by atoms with van der Waals surface area (Å²) in [6, 6.07) is 0. The molecule has 0 heterocycles. The molecular weight excluding hydrogens is 837 g/mol. The zero-order chi connectivity index (χ0) is 49.2. The van der Waals surface area contributed by atoms with E-state index >= 15 is 0 Å². The summed E-state index contributed by atoms with van der Waals surface area (Å²) in [6.07, 6.45) is 81.9. The molecule has 0 rings (SSSR count). The van der Waals surface area contributed by atoms with Crippen LogP contribution in [0.4, 0.5) is 0 Å². The largest absolute Gasteiger partial charge is 0.462 e. The van der Waals surface area contributed by atoms with Gasteiger partial charge in [-0.3, -0.25) is 9.59 Å². The van der Waals surface area contributed by atoms with Crippen LogP contribution in [0.1, 0.15) is 226 Å². The van der Waals surface area contributed by atoms with Gasteiger partial charge in [-0.05, 0) is 128 Å². The van der Waals surface area contributed by atoms with Crippen LogP contribution in [-0.2, 0) is 23.8 Å². The fourth-order valence-corrected chi connectivity index (χ4v) is 7.10. The molecule has 0 bridgehead atoms. The number of carbonyl (C=O) groups excluding carboxylic acids is 2. The maximum Gasteiger partial charge on any atom is 0.306 e. The van der Waals surface area contributed by atoms with E-state index in [2.05, 4.69) is 154 Å².